The van der Waals surface area contributed by atoms with Gasteiger partial charge in [0.1, 0.15) is 12.2 Å². The van der Waals surface area contributed by atoms with Crippen molar-refractivity contribution in [3.05, 3.63) is 36.0 Å². The van der Waals surface area contributed by atoms with Gasteiger partial charge in [-0.3, -0.25) is 0 Å². The van der Waals surface area contributed by atoms with Crippen molar-refractivity contribution in [3.8, 4) is 0 Å². The van der Waals surface area contributed by atoms with Crippen molar-refractivity contribution < 1.29 is 19.4 Å². The summed E-state index contributed by atoms with van der Waals surface area (Å²) in [6.07, 6.45) is 6.91. The number of aliphatic hydroxyl groups excluding tert-OH is 1. The average Bonchev–Trinajstić information content (AvgIpc) is 2.60. The quantitative estimate of drug-likeness (QED) is 0.576. The number of rotatable bonds is 2. The van der Waals surface area contributed by atoms with E-state index in [-0.39, 0.29) is 12.2 Å². The van der Waals surface area contributed by atoms with Gasteiger partial charge in [0.25, 0.3) is 0 Å². The van der Waals surface area contributed by atoms with Crippen LogP contribution in [0.2, 0.25) is 0 Å². The first-order chi connectivity index (χ1) is 8.17. The molecule has 0 saturated carbocycles. The molecule has 0 aliphatic carbocycles. The van der Waals surface area contributed by atoms with Crippen molar-refractivity contribution in [2.45, 2.75) is 38.3 Å². The summed E-state index contributed by atoms with van der Waals surface area (Å²) < 4.78 is 11.0. The normalized spacial score (nSPS) is 37.4. The molecule has 0 amide bonds. The van der Waals surface area contributed by atoms with Crippen molar-refractivity contribution in [3.63, 3.8) is 0 Å². The number of fused-ring (bicyclic) bond motifs is 1. The van der Waals surface area contributed by atoms with Gasteiger partial charge in [0.2, 0.25) is 0 Å². The summed E-state index contributed by atoms with van der Waals surface area (Å²) in [4.78, 5) is 11.3. The first-order valence-electron chi connectivity index (χ1n) is 5.68. The Hall–Kier alpha value is -1.39. The molecule has 4 heteroatoms. The Morgan fingerprint density at radius 2 is 2.00 bits per heavy atom. The van der Waals surface area contributed by atoms with E-state index in [0.29, 0.717) is 0 Å². The molecule has 0 unspecified atom stereocenters. The van der Waals surface area contributed by atoms with Crippen molar-refractivity contribution in [1.29, 1.82) is 0 Å². The lowest BCUT2D eigenvalue weighted by molar-refractivity contribution is -0.158. The van der Waals surface area contributed by atoms with E-state index < -0.39 is 18.2 Å². The third-order valence-corrected chi connectivity index (χ3v) is 2.84. The summed E-state index contributed by atoms with van der Waals surface area (Å²) in [7, 11) is 0. The van der Waals surface area contributed by atoms with Crippen LogP contribution in [0.15, 0.2) is 36.0 Å². The van der Waals surface area contributed by atoms with Gasteiger partial charge >= 0.3 is 5.97 Å². The maximum absolute atomic E-state index is 11.3. The number of aliphatic hydroxyl groups is 1. The fraction of sp³-hybridized carbons (Fsp3) is 0.462. The predicted octanol–water partition coefficient (Wildman–Crippen LogP) is 1.12. The SMILES string of the molecule is C/C=C/[C@@H]1O[C@H](/C=C/C)C2=C[C@@H](O)C(=O)O[C@@H]21. The molecule has 1 N–H and O–H groups in total. The van der Waals surface area contributed by atoms with Gasteiger partial charge in [-0.25, -0.2) is 4.79 Å². The van der Waals surface area contributed by atoms with Crippen molar-refractivity contribution in [1.82, 2.24) is 0 Å². The van der Waals surface area contributed by atoms with E-state index in [0.717, 1.165) is 5.57 Å². The Balaban J connectivity index is 2.32. The van der Waals surface area contributed by atoms with E-state index in [9.17, 15) is 9.90 Å². The summed E-state index contributed by atoms with van der Waals surface area (Å²) >= 11 is 0. The Morgan fingerprint density at radius 3 is 2.65 bits per heavy atom. The van der Waals surface area contributed by atoms with Crippen LogP contribution in [0.3, 0.4) is 0 Å². The molecule has 4 nitrogen and oxygen atoms in total. The Kier molecular flexibility index (Phi) is 3.45. The van der Waals surface area contributed by atoms with Crippen LogP contribution in [0.1, 0.15) is 13.8 Å². The summed E-state index contributed by atoms with van der Waals surface area (Å²) in [5.74, 6) is -0.613. The van der Waals surface area contributed by atoms with Crippen LogP contribution in [-0.4, -0.2) is 35.5 Å². The summed E-state index contributed by atoms with van der Waals surface area (Å²) in [5, 5.41) is 9.48. The van der Waals surface area contributed by atoms with E-state index in [1.165, 1.54) is 6.08 Å². The van der Waals surface area contributed by atoms with E-state index in [1.807, 2.05) is 38.2 Å². The van der Waals surface area contributed by atoms with E-state index in [2.05, 4.69) is 0 Å². The van der Waals surface area contributed by atoms with Crippen molar-refractivity contribution >= 4 is 5.97 Å². The van der Waals surface area contributed by atoms with Gasteiger partial charge in [-0.1, -0.05) is 24.3 Å². The molecule has 2 heterocycles. The van der Waals surface area contributed by atoms with Gasteiger partial charge in [-0.05, 0) is 19.9 Å². The fourth-order valence-corrected chi connectivity index (χ4v) is 2.11. The minimum absolute atomic E-state index is 0.228. The topological polar surface area (TPSA) is 55.8 Å². The number of ether oxygens (including phenoxy) is 2. The zero-order valence-corrected chi connectivity index (χ0v) is 9.87. The van der Waals surface area contributed by atoms with Crippen LogP contribution < -0.4 is 0 Å². The summed E-state index contributed by atoms with van der Waals surface area (Å²) in [6.45, 7) is 3.78. The monoisotopic (exact) mass is 236 g/mol. The molecule has 0 aromatic heterocycles. The molecule has 92 valence electrons. The lowest BCUT2D eigenvalue weighted by atomic mass is 9.98. The maximum Gasteiger partial charge on any atom is 0.339 e. The Morgan fingerprint density at radius 1 is 1.29 bits per heavy atom. The predicted molar refractivity (Wildman–Crippen MR) is 62.3 cm³/mol. The molecule has 0 aromatic rings. The van der Waals surface area contributed by atoms with Gasteiger partial charge in [-0.2, -0.15) is 0 Å². The van der Waals surface area contributed by atoms with Gasteiger partial charge in [0, 0.05) is 5.57 Å². The zero-order valence-electron chi connectivity index (χ0n) is 9.87. The van der Waals surface area contributed by atoms with E-state index >= 15 is 0 Å². The largest absolute Gasteiger partial charge is 0.452 e. The second-order valence-electron chi connectivity index (χ2n) is 4.04. The fourth-order valence-electron chi connectivity index (χ4n) is 2.11. The third kappa shape index (κ3) is 2.18. The number of hydrogen-bond donors (Lipinski definition) is 1. The number of esters is 1. The molecule has 17 heavy (non-hydrogen) atoms. The highest BCUT2D eigenvalue weighted by Gasteiger charge is 2.43. The number of carbonyl (C=O) groups is 1. The summed E-state index contributed by atoms with van der Waals surface area (Å²) in [5.41, 5.74) is 0.818. The van der Waals surface area contributed by atoms with Gasteiger partial charge in [0.15, 0.2) is 12.2 Å². The van der Waals surface area contributed by atoms with Crippen LogP contribution in [0.4, 0.5) is 0 Å². The average molecular weight is 236 g/mol. The minimum atomic E-state index is -1.18. The van der Waals surface area contributed by atoms with Crippen LogP contribution in [0, 0.1) is 0 Å². The second-order valence-corrected chi connectivity index (χ2v) is 4.04. The molecule has 4 atom stereocenters. The Labute approximate surface area is 100 Å². The third-order valence-electron chi connectivity index (χ3n) is 2.84. The molecule has 1 saturated heterocycles. The second kappa shape index (κ2) is 4.85. The number of carbonyl (C=O) groups excluding carboxylic acids is 1. The Bertz CT molecular complexity index is 394. The maximum atomic E-state index is 11.3. The van der Waals surface area contributed by atoms with Crippen LogP contribution in [-0.2, 0) is 14.3 Å². The van der Waals surface area contributed by atoms with Crippen LogP contribution >= 0.6 is 0 Å². The molecule has 2 rings (SSSR count). The van der Waals surface area contributed by atoms with Crippen molar-refractivity contribution in [2.75, 3.05) is 0 Å². The van der Waals surface area contributed by atoms with Crippen molar-refractivity contribution in [2.24, 2.45) is 0 Å². The molecule has 0 spiro atoms. The molecule has 0 bridgehead atoms. The van der Waals surface area contributed by atoms with Gasteiger partial charge < -0.3 is 14.6 Å². The lowest BCUT2D eigenvalue weighted by Gasteiger charge is -2.23. The molecular formula is C13H16O4. The standard InChI is InChI=1S/C13H16O4/c1-3-5-10-8-7-9(14)13(15)17-12(8)11(16-10)6-4-2/h3-7,9-12,14H,1-2H3/b5-3+,6-4+/t9-,10-,11+,12+/m1/s1. The molecular weight excluding hydrogens is 220 g/mol. The van der Waals surface area contributed by atoms with Crippen LogP contribution in [0.5, 0.6) is 0 Å². The number of hydrogen-bond acceptors (Lipinski definition) is 4. The number of allylic oxidation sites excluding steroid dienone is 2. The highest BCUT2D eigenvalue weighted by Crippen LogP contribution is 2.33. The lowest BCUT2D eigenvalue weighted by Crippen LogP contribution is -2.36. The zero-order chi connectivity index (χ0) is 12.4. The molecule has 2 aliphatic heterocycles. The van der Waals surface area contributed by atoms with Gasteiger partial charge in [0.05, 0.1) is 0 Å². The first kappa shape index (κ1) is 12.1. The van der Waals surface area contributed by atoms with E-state index in [1.54, 1.807) is 0 Å². The smallest absolute Gasteiger partial charge is 0.339 e. The first-order valence-corrected chi connectivity index (χ1v) is 5.68. The molecule has 0 radical (unpaired) electrons. The highest BCUT2D eigenvalue weighted by atomic mass is 16.6. The van der Waals surface area contributed by atoms with Gasteiger partial charge in [-0.15, -0.1) is 0 Å². The molecule has 1 fully saturated rings. The minimum Gasteiger partial charge on any atom is -0.452 e. The summed E-state index contributed by atoms with van der Waals surface area (Å²) in [6, 6.07) is 0. The molecule has 0 aromatic carbocycles. The van der Waals surface area contributed by atoms with E-state index in [4.69, 9.17) is 9.47 Å². The molecule has 2 aliphatic rings. The highest BCUT2D eigenvalue weighted by molar-refractivity contribution is 5.79. The van der Waals surface area contributed by atoms with Crippen LogP contribution in [0.25, 0.3) is 0 Å².